The molecule has 1 saturated heterocycles. The summed E-state index contributed by atoms with van der Waals surface area (Å²) in [5.41, 5.74) is -0.885. The van der Waals surface area contributed by atoms with Gasteiger partial charge < -0.3 is 15.2 Å². The van der Waals surface area contributed by atoms with Gasteiger partial charge in [-0.2, -0.15) is 0 Å². The topological polar surface area (TPSA) is 78.9 Å². The van der Waals surface area contributed by atoms with Crippen LogP contribution in [0.1, 0.15) is 46.0 Å². The van der Waals surface area contributed by atoms with Crippen LogP contribution in [0.25, 0.3) is 10.8 Å². The van der Waals surface area contributed by atoms with Gasteiger partial charge in [-0.25, -0.2) is 4.79 Å². The molecule has 2 aromatic rings. The van der Waals surface area contributed by atoms with Crippen molar-refractivity contribution >= 4 is 22.7 Å². The van der Waals surface area contributed by atoms with Gasteiger partial charge in [0.2, 0.25) is 0 Å². The van der Waals surface area contributed by atoms with Gasteiger partial charge in [-0.15, -0.1) is 0 Å². The highest BCUT2D eigenvalue weighted by Crippen LogP contribution is 2.25. The Morgan fingerprint density at radius 2 is 1.86 bits per heavy atom. The lowest BCUT2D eigenvalue weighted by atomic mass is 9.94. The molecule has 0 saturated carbocycles. The number of imide groups is 1. The number of aliphatic hydroxyl groups excluding tert-OH is 1. The summed E-state index contributed by atoms with van der Waals surface area (Å²) < 4.78 is 5.68. The zero-order valence-electron chi connectivity index (χ0n) is 17.2. The summed E-state index contributed by atoms with van der Waals surface area (Å²) in [5.74, 6) is 0.365. The van der Waals surface area contributed by atoms with Gasteiger partial charge in [0.15, 0.2) is 0 Å². The second-order valence-corrected chi connectivity index (χ2v) is 7.96. The van der Waals surface area contributed by atoms with E-state index in [4.69, 9.17) is 4.74 Å². The van der Waals surface area contributed by atoms with Gasteiger partial charge in [-0.3, -0.25) is 9.69 Å². The summed E-state index contributed by atoms with van der Waals surface area (Å²) in [5, 5.41) is 15.3. The van der Waals surface area contributed by atoms with Crippen LogP contribution in [0.3, 0.4) is 0 Å². The first-order valence-electron chi connectivity index (χ1n) is 10.4. The number of rotatable bonds is 10. The fourth-order valence-corrected chi connectivity index (χ4v) is 3.70. The minimum Gasteiger partial charge on any atom is -0.491 e. The molecule has 0 aromatic heterocycles. The van der Waals surface area contributed by atoms with Crippen molar-refractivity contribution in [2.45, 2.75) is 57.6 Å². The van der Waals surface area contributed by atoms with Gasteiger partial charge in [0.1, 0.15) is 24.0 Å². The molecule has 2 atom stereocenters. The molecule has 2 N–H and O–H groups in total. The number of aliphatic hydroxyl groups is 1. The average Bonchev–Trinajstić information content (AvgIpc) is 2.93. The Morgan fingerprint density at radius 1 is 1.10 bits per heavy atom. The number of nitrogens with one attached hydrogen (secondary N) is 1. The third-order valence-corrected chi connectivity index (χ3v) is 5.43. The third-order valence-electron chi connectivity index (χ3n) is 5.43. The maximum Gasteiger partial charge on any atom is 0.325 e. The predicted octanol–water partition coefficient (Wildman–Crippen LogP) is 3.86. The van der Waals surface area contributed by atoms with E-state index >= 15 is 0 Å². The molecule has 0 radical (unpaired) electrons. The molecule has 3 rings (SSSR count). The van der Waals surface area contributed by atoms with Gasteiger partial charge in [-0.05, 0) is 36.2 Å². The number of carbonyl (C=O) groups excluding carboxylic acids is 2. The summed E-state index contributed by atoms with van der Waals surface area (Å²) in [6.45, 7) is 3.82. The molecule has 3 amide bonds. The maximum absolute atomic E-state index is 12.7. The van der Waals surface area contributed by atoms with Gasteiger partial charge in [0.25, 0.3) is 5.91 Å². The molecule has 1 fully saturated rings. The molecule has 1 aliphatic heterocycles. The smallest absolute Gasteiger partial charge is 0.325 e. The molecule has 1 heterocycles. The van der Waals surface area contributed by atoms with Crippen LogP contribution in [-0.2, 0) is 4.79 Å². The summed E-state index contributed by atoms with van der Waals surface area (Å²) in [6, 6.07) is 13.2. The van der Waals surface area contributed by atoms with Crippen molar-refractivity contribution in [3.05, 3.63) is 42.5 Å². The molecular weight excluding hydrogens is 368 g/mol. The normalized spacial score (nSPS) is 20.2. The van der Waals surface area contributed by atoms with E-state index in [9.17, 15) is 14.7 Å². The van der Waals surface area contributed by atoms with Gasteiger partial charge in [-0.1, -0.05) is 62.9 Å². The Balaban J connectivity index is 1.53. The molecular formula is C23H30N2O4. The highest BCUT2D eigenvalue weighted by Gasteiger charge is 2.47. The molecule has 2 aromatic carbocycles. The van der Waals surface area contributed by atoms with Gasteiger partial charge >= 0.3 is 6.03 Å². The number of hydrogen-bond donors (Lipinski definition) is 2. The van der Waals surface area contributed by atoms with Crippen LogP contribution in [0.5, 0.6) is 5.75 Å². The predicted molar refractivity (Wildman–Crippen MR) is 113 cm³/mol. The lowest BCUT2D eigenvalue weighted by Gasteiger charge is -2.22. The van der Waals surface area contributed by atoms with Crippen LogP contribution >= 0.6 is 0 Å². The minimum absolute atomic E-state index is 0.00259. The fourth-order valence-electron chi connectivity index (χ4n) is 3.70. The van der Waals surface area contributed by atoms with Crippen molar-refractivity contribution in [2.24, 2.45) is 0 Å². The number of unbranched alkanes of at least 4 members (excludes halogenated alkanes) is 3. The number of fused-ring (bicyclic) bond motifs is 1. The standard InChI is InChI=1S/C23H30N2O4/c1-3-4-5-8-13-23(2)21(27)25(22(28)24-23)15-19(26)16-29-20-12-11-17-9-6-7-10-18(17)14-20/h6-7,9-12,14,19,26H,3-5,8,13,15-16H2,1-2H3,(H,24,28). The second kappa shape index (κ2) is 9.27. The minimum atomic E-state index is -0.960. The van der Waals surface area contributed by atoms with Crippen molar-refractivity contribution < 1.29 is 19.4 Å². The highest BCUT2D eigenvalue weighted by molar-refractivity contribution is 6.06. The van der Waals surface area contributed by atoms with E-state index in [1.807, 2.05) is 42.5 Å². The second-order valence-electron chi connectivity index (χ2n) is 7.96. The molecule has 0 aliphatic carbocycles. The third kappa shape index (κ3) is 5.07. The van der Waals surface area contributed by atoms with E-state index in [0.717, 1.165) is 41.4 Å². The molecule has 6 nitrogen and oxygen atoms in total. The number of hydrogen-bond acceptors (Lipinski definition) is 4. The van der Waals surface area contributed by atoms with E-state index in [2.05, 4.69) is 12.2 Å². The van der Waals surface area contributed by atoms with Crippen molar-refractivity contribution in [3.8, 4) is 5.75 Å². The highest BCUT2D eigenvalue weighted by atomic mass is 16.5. The monoisotopic (exact) mass is 398 g/mol. The van der Waals surface area contributed by atoms with Crippen LogP contribution in [0.4, 0.5) is 4.79 Å². The largest absolute Gasteiger partial charge is 0.491 e. The van der Waals surface area contributed by atoms with E-state index in [1.54, 1.807) is 6.92 Å². The Kier molecular flexibility index (Phi) is 6.75. The Hall–Kier alpha value is -2.60. The molecule has 2 unspecified atom stereocenters. The first kappa shape index (κ1) is 21.1. The number of β-amino-alcohol motifs (C(OH)–C–C–N with tert-alkyl or cyclic N) is 1. The van der Waals surface area contributed by atoms with E-state index in [-0.39, 0.29) is 19.1 Å². The number of urea groups is 1. The molecule has 0 spiro atoms. The lowest BCUT2D eigenvalue weighted by molar-refractivity contribution is -0.132. The summed E-state index contributed by atoms with van der Waals surface area (Å²) in [7, 11) is 0. The number of carbonyl (C=O) groups is 2. The molecule has 6 heteroatoms. The van der Waals surface area contributed by atoms with Crippen LogP contribution < -0.4 is 10.1 Å². The van der Waals surface area contributed by atoms with E-state index < -0.39 is 17.7 Å². The first-order valence-corrected chi connectivity index (χ1v) is 10.4. The first-order chi connectivity index (χ1) is 13.9. The summed E-state index contributed by atoms with van der Waals surface area (Å²) >= 11 is 0. The fraction of sp³-hybridized carbons (Fsp3) is 0.478. The van der Waals surface area contributed by atoms with E-state index in [0.29, 0.717) is 12.2 Å². The van der Waals surface area contributed by atoms with Crippen LogP contribution in [-0.4, -0.2) is 46.7 Å². The Labute approximate surface area is 171 Å². The molecule has 29 heavy (non-hydrogen) atoms. The molecule has 1 aliphatic rings. The van der Waals surface area contributed by atoms with Crippen molar-refractivity contribution in [1.29, 1.82) is 0 Å². The summed E-state index contributed by atoms with van der Waals surface area (Å²) in [4.78, 5) is 26.1. The quantitative estimate of drug-likeness (QED) is 0.470. The lowest BCUT2D eigenvalue weighted by Crippen LogP contribution is -2.45. The molecule has 156 valence electrons. The zero-order valence-corrected chi connectivity index (χ0v) is 17.2. The van der Waals surface area contributed by atoms with Crippen molar-refractivity contribution in [2.75, 3.05) is 13.2 Å². The van der Waals surface area contributed by atoms with Crippen LogP contribution in [0.2, 0.25) is 0 Å². The maximum atomic E-state index is 12.7. The van der Waals surface area contributed by atoms with Gasteiger partial charge in [0.05, 0.1) is 6.54 Å². The number of ether oxygens (including phenoxy) is 1. The molecule has 0 bridgehead atoms. The number of amides is 3. The van der Waals surface area contributed by atoms with Crippen molar-refractivity contribution in [1.82, 2.24) is 10.2 Å². The Bertz CT molecular complexity index is 869. The number of nitrogens with zero attached hydrogens (tertiary/aromatic N) is 1. The zero-order chi connectivity index (χ0) is 20.9. The summed E-state index contributed by atoms with van der Waals surface area (Å²) in [6.07, 6.45) is 3.81. The van der Waals surface area contributed by atoms with Gasteiger partial charge in [0, 0.05) is 0 Å². The van der Waals surface area contributed by atoms with Crippen molar-refractivity contribution in [3.63, 3.8) is 0 Å². The van der Waals surface area contributed by atoms with Crippen LogP contribution in [0, 0.1) is 0 Å². The SMILES string of the molecule is CCCCCCC1(C)NC(=O)N(CC(O)COc2ccc3ccccc3c2)C1=O. The average molecular weight is 399 g/mol. The number of benzene rings is 2. The Morgan fingerprint density at radius 3 is 2.62 bits per heavy atom. The van der Waals surface area contributed by atoms with Crippen LogP contribution in [0.15, 0.2) is 42.5 Å². The van der Waals surface area contributed by atoms with E-state index in [1.165, 1.54) is 0 Å².